The van der Waals surface area contributed by atoms with E-state index in [1.165, 1.54) is 0 Å². The summed E-state index contributed by atoms with van der Waals surface area (Å²) in [5.74, 6) is 1.42. The van der Waals surface area contributed by atoms with Crippen LogP contribution in [0.25, 0.3) is 0 Å². The Morgan fingerprint density at radius 3 is 2.74 bits per heavy atom. The van der Waals surface area contributed by atoms with Crippen molar-refractivity contribution in [2.75, 3.05) is 13.8 Å². The van der Waals surface area contributed by atoms with Crippen molar-refractivity contribution in [2.24, 2.45) is 5.73 Å². The van der Waals surface area contributed by atoms with Gasteiger partial charge in [-0.1, -0.05) is 6.92 Å². The van der Waals surface area contributed by atoms with Crippen LogP contribution in [-0.4, -0.2) is 25.9 Å². The zero-order valence-electron chi connectivity index (χ0n) is 11.1. The molecule has 19 heavy (non-hydrogen) atoms. The van der Waals surface area contributed by atoms with Gasteiger partial charge in [0.15, 0.2) is 17.6 Å². The maximum atomic E-state index is 11.3. The highest BCUT2D eigenvalue weighted by Crippen LogP contribution is 2.38. The van der Waals surface area contributed by atoms with E-state index in [9.17, 15) is 4.79 Å². The highest BCUT2D eigenvalue weighted by Gasteiger charge is 2.21. The van der Waals surface area contributed by atoms with Crippen LogP contribution in [0.1, 0.15) is 18.9 Å². The molecule has 1 amide bonds. The van der Waals surface area contributed by atoms with Crippen molar-refractivity contribution in [1.82, 2.24) is 5.32 Å². The Bertz CT molecular complexity index is 476. The van der Waals surface area contributed by atoms with Crippen LogP contribution in [0, 0.1) is 0 Å². The Morgan fingerprint density at radius 2 is 2.16 bits per heavy atom. The maximum absolute atomic E-state index is 11.3. The Balaban J connectivity index is 2.29. The summed E-state index contributed by atoms with van der Waals surface area (Å²) in [6.07, 6.45) is -0.126. The summed E-state index contributed by atoms with van der Waals surface area (Å²) >= 11 is 0. The molecule has 0 bridgehead atoms. The van der Waals surface area contributed by atoms with Crippen molar-refractivity contribution in [2.45, 2.75) is 26.0 Å². The predicted octanol–water partition coefficient (Wildman–Crippen LogP) is 0.777. The second kappa shape index (κ2) is 5.79. The Morgan fingerprint density at radius 1 is 1.47 bits per heavy atom. The lowest BCUT2D eigenvalue weighted by molar-refractivity contribution is -0.124. The van der Waals surface area contributed by atoms with Gasteiger partial charge in [0.05, 0.1) is 0 Å². The number of amides is 1. The highest BCUT2D eigenvalue weighted by molar-refractivity contribution is 5.79. The molecule has 0 radical (unpaired) electrons. The van der Waals surface area contributed by atoms with Gasteiger partial charge in [0.1, 0.15) is 5.75 Å². The molecule has 1 heterocycles. The van der Waals surface area contributed by atoms with Crippen molar-refractivity contribution in [3.05, 3.63) is 17.7 Å². The number of carbonyl (C=O) groups excluding carboxylic acids is 1. The van der Waals surface area contributed by atoms with Gasteiger partial charge in [-0.25, -0.2) is 0 Å². The van der Waals surface area contributed by atoms with Gasteiger partial charge >= 0.3 is 0 Å². The summed E-state index contributed by atoms with van der Waals surface area (Å²) in [4.78, 5) is 11.3. The summed E-state index contributed by atoms with van der Waals surface area (Å²) in [7, 11) is 1.83. The molecule has 2 rings (SSSR count). The van der Waals surface area contributed by atoms with Crippen LogP contribution in [-0.2, 0) is 11.3 Å². The third-order valence-corrected chi connectivity index (χ3v) is 2.88. The summed E-state index contributed by atoms with van der Waals surface area (Å²) in [6, 6.07) is 3.59. The van der Waals surface area contributed by atoms with E-state index in [4.69, 9.17) is 19.9 Å². The molecule has 6 nitrogen and oxygen atoms in total. The van der Waals surface area contributed by atoms with Crippen molar-refractivity contribution in [1.29, 1.82) is 0 Å². The number of primary amides is 1. The molecule has 0 aliphatic carbocycles. The van der Waals surface area contributed by atoms with E-state index in [1.807, 2.05) is 20.0 Å². The molecule has 0 saturated carbocycles. The fraction of sp³-hybridized carbons (Fsp3) is 0.462. The molecule has 1 aliphatic rings. The Hall–Kier alpha value is -1.95. The molecule has 1 aromatic carbocycles. The minimum atomic E-state index is -0.643. The number of nitrogens with one attached hydrogen (secondary N) is 1. The van der Waals surface area contributed by atoms with Crippen LogP contribution in [0.2, 0.25) is 0 Å². The molecule has 6 heteroatoms. The maximum Gasteiger partial charge on any atom is 0.258 e. The molecule has 1 aliphatic heterocycles. The molecule has 1 atom stereocenters. The number of carbonyl (C=O) groups is 1. The molecule has 1 unspecified atom stereocenters. The average Bonchev–Trinajstić information content (AvgIpc) is 2.82. The minimum absolute atomic E-state index is 0.199. The van der Waals surface area contributed by atoms with E-state index in [0.717, 1.165) is 5.56 Å². The minimum Gasteiger partial charge on any atom is -0.480 e. The lowest BCUT2D eigenvalue weighted by atomic mass is 10.1. The topological polar surface area (TPSA) is 82.8 Å². The third kappa shape index (κ3) is 2.90. The first kappa shape index (κ1) is 13.5. The second-order valence-electron chi connectivity index (χ2n) is 4.26. The van der Waals surface area contributed by atoms with Crippen LogP contribution in [0.4, 0.5) is 0 Å². The van der Waals surface area contributed by atoms with Gasteiger partial charge in [-0.05, 0) is 19.5 Å². The molecule has 104 valence electrons. The first-order valence-electron chi connectivity index (χ1n) is 6.18. The van der Waals surface area contributed by atoms with Crippen molar-refractivity contribution < 1.29 is 19.0 Å². The standard InChI is InChI=1S/C13H18N2O4/c1-3-9(13(14)16)19-10-5-12-11(17-7-18-12)4-8(10)6-15-2/h4-5,9,15H,3,6-7H2,1-2H3,(H2,14,16). The molecule has 1 aromatic rings. The van der Waals surface area contributed by atoms with Crippen LogP contribution in [0.5, 0.6) is 17.2 Å². The molecular weight excluding hydrogens is 248 g/mol. The zero-order chi connectivity index (χ0) is 13.8. The van der Waals surface area contributed by atoms with Crippen molar-refractivity contribution >= 4 is 5.91 Å². The third-order valence-electron chi connectivity index (χ3n) is 2.88. The monoisotopic (exact) mass is 266 g/mol. The van der Waals surface area contributed by atoms with E-state index in [-0.39, 0.29) is 6.79 Å². The van der Waals surface area contributed by atoms with Gasteiger partial charge in [0.2, 0.25) is 6.79 Å². The number of rotatable bonds is 6. The van der Waals surface area contributed by atoms with E-state index >= 15 is 0 Å². The number of benzene rings is 1. The Labute approximate surface area is 111 Å². The van der Waals surface area contributed by atoms with E-state index < -0.39 is 12.0 Å². The second-order valence-corrected chi connectivity index (χ2v) is 4.26. The fourth-order valence-electron chi connectivity index (χ4n) is 1.90. The van der Waals surface area contributed by atoms with E-state index in [0.29, 0.717) is 30.2 Å². The van der Waals surface area contributed by atoms with Crippen LogP contribution >= 0.6 is 0 Å². The Kier molecular flexibility index (Phi) is 4.11. The average molecular weight is 266 g/mol. The molecule has 0 spiro atoms. The summed E-state index contributed by atoms with van der Waals surface area (Å²) in [5.41, 5.74) is 6.19. The summed E-state index contributed by atoms with van der Waals surface area (Å²) < 4.78 is 16.3. The largest absolute Gasteiger partial charge is 0.480 e. The van der Waals surface area contributed by atoms with Gasteiger partial charge in [-0.15, -0.1) is 0 Å². The van der Waals surface area contributed by atoms with Gasteiger partial charge in [0.25, 0.3) is 5.91 Å². The predicted molar refractivity (Wildman–Crippen MR) is 69.2 cm³/mol. The number of nitrogens with two attached hydrogens (primary N) is 1. The number of hydrogen-bond acceptors (Lipinski definition) is 5. The molecule has 3 N–H and O–H groups in total. The van der Waals surface area contributed by atoms with Gasteiger partial charge in [0, 0.05) is 18.2 Å². The van der Waals surface area contributed by atoms with Crippen LogP contribution < -0.4 is 25.3 Å². The normalized spacial score (nSPS) is 14.2. The molecule has 0 fully saturated rings. The van der Waals surface area contributed by atoms with Gasteiger partial charge in [-0.3, -0.25) is 4.79 Å². The zero-order valence-corrected chi connectivity index (χ0v) is 11.1. The van der Waals surface area contributed by atoms with Crippen LogP contribution in [0.3, 0.4) is 0 Å². The fourth-order valence-corrected chi connectivity index (χ4v) is 1.90. The highest BCUT2D eigenvalue weighted by atomic mass is 16.7. The van der Waals surface area contributed by atoms with E-state index in [2.05, 4.69) is 5.32 Å². The molecular formula is C13H18N2O4. The molecule has 0 saturated heterocycles. The van der Waals surface area contributed by atoms with Crippen molar-refractivity contribution in [3.8, 4) is 17.2 Å². The SMILES string of the molecule is CCC(Oc1cc2c(cc1CNC)OCO2)C(N)=O. The number of ether oxygens (including phenoxy) is 3. The quantitative estimate of drug-likeness (QED) is 0.795. The van der Waals surface area contributed by atoms with Gasteiger partial charge < -0.3 is 25.3 Å². The smallest absolute Gasteiger partial charge is 0.258 e. The number of fused-ring (bicyclic) bond motifs is 1. The lowest BCUT2D eigenvalue weighted by Crippen LogP contribution is -2.33. The first-order valence-corrected chi connectivity index (χ1v) is 6.18. The molecule has 0 aromatic heterocycles. The number of hydrogen-bond donors (Lipinski definition) is 2. The summed E-state index contributed by atoms with van der Waals surface area (Å²) in [6.45, 7) is 2.64. The van der Waals surface area contributed by atoms with Gasteiger partial charge in [-0.2, -0.15) is 0 Å². The van der Waals surface area contributed by atoms with Crippen LogP contribution in [0.15, 0.2) is 12.1 Å². The summed E-state index contributed by atoms with van der Waals surface area (Å²) in [5, 5.41) is 3.04. The first-order chi connectivity index (χ1) is 9.15. The van der Waals surface area contributed by atoms with Crippen molar-refractivity contribution in [3.63, 3.8) is 0 Å². The lowest BCUT2D eigenvalue weighted by Gasteiger charge is -2.17. The van der Waals surface area contributed by atoms with E-state index in [1.54, 1.807) is 6.07 Å².